The molecule has 1 fully saturated rings. The van der Waals surface area contributed by atoms with Crippen LogP contribution in [-0.4, -0.2) is 66.7 Å². The van der Waals surface area contributed by atoms with Gasteiger partial charge in [-0.05, 0) is 79.3 Å². The zero-order valence-corrected chi connectivity index (χ0v) is 24.1. The minimum absolute atomic E-state index is 0.158. The summed E-state index contributed by atoms with van der Waals surface area (Å²) in [5, 5.41) is 11.9. The van der Waals surface area contributed by atoms with Crippen molar-refractivity contribution in [2.24, 2.45) is 11.8 Å². The van der Waals surface area contributed by atoms with Crippen LogP contribution in [-0.2, 0) is 12.8 Å². The van der Waals surface area contributed by atoms with Crippen LogP contribution in [0.3, 0.4) is 0 Å². The third-order valence-electron chi connectivity index (χ3n) is 7.29. The third kappa shape index (κ3) is 9.73. The molecule has 40 heavy (non-hydrogen) atoms. The number of ether oxygens (including phenoxy) is 4. The maximum atomic E-state index is 12.3. The topological polar surface area (TPSA) is 119 Å². The highest BCUT2D eigenvalue weighted by atomic mass is 16.5. The van der Waals surface area contributed by atoms with E-state index in [-0.39, 0.29) is 12.1 Å². The largest absolute Gasteiger partial charge is 0.493 e. The van der Waals surface area contributed by atoms with Crippen molar-refractivity contribution in [2.75, 3.05) is 54.6 Å². The van der Waals surface area contributed by atoms with E-state index >= 15 is 0 Å². The number of urea groups is 2. The summed E-state index contributed by atoms with van der Waals surface area (Å²) in [5.41, 5.74) is 2.12. The first-order chi connectivity index (χ1) is 19.4. The van der Waals surface area contributed by atoms with Gasteiger partial charge in [0.1, 0.15) is 0 Å². The molecule has 10 nitrogen and oxygen atoms in total. The van der Waals surface area contributed by atoms with Crippen molar-refractivity contribution in [3.63, 3.8) is 0 Å². The van der Waals surface area contributed by atoms with E-state index in [0.29, 0.717) is 73.9 Å². The molecule has 2 aromatic carbocycles. The number of carbonyl (C=O) groups excluding carboxylic acids is 2. The second-order valence-corrected chi connectivity index (χ2v) is 10.1. The van der Waals surface area contributed by atoms with Crippen molar-refractivity contribution in [1.82, 2.24) is 21.3 Å². The van der Waals surface area contributed by atoms with Crippen LogP contribution in [0.25, 0.3) is 0 Å². The second kappa shape index (κ2) is 16.3. The average Bonchev–Trinajstić information content (AvgIpc) is 2.99. The third-order valence-corrected chi connectivity index (χ3v) is 7.29. The van der Waals surface area contributed by atoms with Gasteiger partial charge in [-0.15, -0.1) is 0 Å². The van der Waals surface area contributed by atoms with Crippen molar-refractivity contribution in [3.05, 3.63) is 47.5 Å². The van der Waals surface area contributed by atoms with Crippen LogP contribution in [0.5, 0.6) is 23.0 Å². The molecular weight excluding hydrogens is 512 g/mol. The van der Waals surface area contributed by atoms with Gasteiger partial charge >= 0.3 is 12.1 Å². The fourth-order valence-corrected chi connectivity index (χ4v) is 5.09. The van der Waals surface area contributed by atoms with Crippen LogP contribution in [0.2, 0.25) is 0 Å². The van der Waals surface area contributed by atoms with E-state index in [1.165, 1.54) is 0 Å². The number of nitrogens with one attached hydrogen (secondary N) is 4. The van der Waals surface area contributed by atoms with Crippen LogP contribution >= 0.6 is 0 Å². The molecule has 220 valence electrons. The maximum absolute atomic E-state index is 12.3. The minimum Gasteiger partial charge on any atom is -0.493 e. The highest BCUT2D eigenvalue weighted by Crippen LogP contribution is 2.29. The fourth-order valence-electron chi connectivity index (χ4n) is 5.09. The van der Waals surface area contributed by atoms with Gasteiger partial charge in [-0.2, -0.15) is 0 Å². The van der Waals surface area contributed by atoms with Crippen LogP contribution in [0.15, 0.2) is 36.4 Å². The van der Waals surface area contributed by atoms with E-state index < -0.39 is 0 Å². The zero-order valence-electron chi connectivity index (χ0n) is 24.1. The van der Waals surface area contributed by atoms with Gasteiger partial charge in [0.15, 0.2) is 23.0 Å². The monoisotopic (exact) mass is 556 g/mol. The molecule has 2 atom stereocenters. The number of methoxy groups -OCH3 is 4. The predicted molar refractivity (Wildman–Crippen MR) is 155 cm³/mol. The molecule has 0 saturated heterocycles. The molecule has 0 aliphatic heterocycles. The van der Waals surface area contributed by atoms with E-state index in [1.807, 2.05) is 36.4 Å². The van der Waals surface area contributed by atoms with E-state index in [0.717, 1.165) is 36.8 Å². The Hall–Kier alpha value is -3.82. The first kappa shape index (κ1) is 30.7. The highest BCUT2D eigenvalue weighted by molar-refractivity contribution is 5.74. The summed E-state index contributed by atoms with van der Waals surface area (Å²) in [6, 6.07) is 11.2. The van der Waals surface area contributed by atoms with E-state index in [2.05, 4.69) is 21.3 Å². The Bertz CT molecular complexity index is 1010. The first-order valence-corrected chi connectivity index (χ1v) is 13.9. The molecule has 2 aromatic rings. The lowest BCUT2D eigenvalue weighted by molar-refractivity contribution is 0.222. The van der Waals surface area contributed by atoms with Crippen LogP contribution in [0, 0.1) is 11.8 Å². The molecule has 4 N–H and O–H groups in total. The summed E-state index contributed by atoms with van der Waals surface area (Å²) >= 11 is 0. The molecule has 10 heteroatoms. The summed E-state index contributed by atoms with van der Waals surface area (Å²) < 4.78 is 21.2. The van der Waals surface area contributed by atoms with Crippen molar-refractivity contribution in [1.29, 1.82) is 0 Å². The Balaban J connectivity index is 1.29. The SMILES string of the molecule is COc1ccc(CCNC(=O)NC[C@H]2CCC[C@@H](CNC(=O)NCCc3ccc(OC)c(OC)c3)C2)cc1OC. The smallest absolute Gasteiger partial charge is 0.314 e. The Morgan fingerprint density at radius 3 is 1.48 bits per heavy atom. The number of rotatable bonds is 14. The number of hydrogen-bond donors (Lipinski definition) is 4. The molecule has 0 heterocycles. The van der Waals surface area contributed by atoms with Crippen molar-refractivity contribution in [3.8, 4) is 23.0 Å². The molecule has 0 spiro atoms. The lowest BCUT2D eigenvalue weighted by atomic mass is 9.81. The van der Waals surface area contributed by atoms with Crippen LogP contribution < -0.4 is 40.2 Å². The molecule has 0 aromatic heterocycles. The standard InChI is InChI=1S/C30H44N4O6/c1-37-25-10-8-21(17-27(25)39-3)12-14-31-29(35)33-19-23-6-5-7-24(16-23)20-34-30(36)32-15-13-22-9-11-26(38-2)28(18-22)40-4/h8-11,17-18,23-24H,5-7,12-16,19-20H2,1-4H3,(H2,31,33,35)(H2,32,34,36)/t23-,24+. The number of carbonyl (C=O) groups is 2. The van der Waals surface area contributed by atoms with Gasteiger partial charge < -0.3 is 40.2 Å². The summed E-state index contributed by atoms with van der Waals surface area (Å²) in [4.78, 5) is 24.6. The van der Waals surface area contributed by atoms with Gasteiger partial charge in [0.25, 0.3) is 0 Å². The molecule has 1 aliphatic carbocycles. The van der Waals surface area contributed by atoms with Crippen LogP contribution in [0.4, 0.5) is 9.59 Å². The van der Waals surface area contributed by atoms with Crippen LogP contribution in [0.1, 0.15) is 36.8 Å². The molecule has 0 unspecified atom stereocenters. The average molecular weight is 557 g/mol. The number of benzene rings is 2. The van der Waals surface area contributed by atoms with Gasteiger partial charge in [-0.1, -0.05) is 18.6 Å². The van der Waals surface area contributed by atoms with E-state index in [1.54, 1.807) is 28.4 Å². The Morgan fingerprint density at radius 2 is 1.07 bits per heavy atom. The summed E-state index contributed by atoms with van der Waals surface area (Å²) in [6.07, 6.45) is 5.64. The van der Waals surface area contributed by atoms with Gasteiger partial charge in [-0.3, -0.25) is 0 Å². The van der Waals surface area contributed by atoms with Crippen molar-refractivity contribution < 1.29 is 28.5 Å². The zero-order chi connectivity index (χ0) is 28.7. The lowest BCUT2D eigenvalue weighted by Gasteiger charge is -2.29. The molecule has 3 rings (SSSR count). The Labute approximate surface area is 237 Å². The van der Waals surface area contributed by atoms with Gasteiger partial charge in [-0.25, -0.2) is 9.59 Å². The number of hydrogen-bond acceptors (Lipinski definition) is 6. The van der Waals surface area contributed by atoms with Crippen molar-refractivity contribution in [2.45, 2.75) is 38.5 Å². The summed E-state index contributed by atoms with van der Waals surface area (Å²) in [7, 11) is 6.43. The minimum atomic E-state index is -0.158. The van der Waals surface area contributed by atoms with E-state index in [4.69, 9.17) is 18.9 Å². The second-order valence-electron chi connectivity index (χ2n) is 10.1. The Kier molecular flexibility index (Phi) is 12.5. The predicted octanol–water partition coefficient (Wildman–Crippen LogP) is 3.91. The number of amides is 4. The van der Waals surface area contributed by atoms with Gasteiger partial charge in [0.2, 0.25) is 0 Å². The molecule has 4 amide bonds. The van der Waals surface area contributed by atoms with Gasteiger partial charge in [0.05, 0.1) is 28.4 Å². The quantitative estimate of drug-likeness (QED) is 0.280. The molecular formula is C30H44N4O6. The summed E-state index contributed by atoms with van der Waals surface area (Å²) in [6.45, 7) is 2.33. The van der Waals surface area contributed by atoms with Crippen molar-refractivity contribution >= 4 is 12.1 Å². The lowest BCUT2D eigenvalue weighted by Crippen LogP contribution is -2.42. The van der Waals surface area contributed by atoms with E-state index in [9.17, 15) is 9.59 Å². The maximum Gasteiger partial charge on any atom is 0.314 e. The molecule has 0 radical (unpaired) electrons. The Morgan fingerprint density at radius 1 is 0.650 bits per heavy atom. The molecule has 1 aliphatic rings. The fraction of sp³-hybridized carbons (Fsp3) is 0.533. The highest BCUT2D eigenvalue weighted by Gasteiger charge is 2.23. The first-order valence-electron chi connectivity index (χ1n) is 13.9. The normalized spacial score (nSPS) is 16.4. The molecule has 0 bridgehead atoms. The summed E-state index contributed by atoms with van der Waals surface area (Å²) in [5.74, 6) is 3.54. The molecule has 1 saturated carbocycles. The van der Waals surface area contributed by atoms with Gasteiger partial charge in [0, 0.05) is 26.2 Å².